The molecule has 1 saturated carbocycles. The first-order valence-electron chi connectivity index (χ1n) is 7.52. The molecule has 3 aliphatic rings. The Morgan fingerprint density at radius 3 is 2.24 bits per heavy atom. The lowest BCUT2D eigenvalue weighted by Gasteiger charge is -2.48. The minimum atomic E-state index is 0.787. The minimum Gasteiger partial charge on any atom is -0.314 e. The average Bonchev–Trinajstić information content (AvgIpc) is 2.79. The molecule has 0 unspecified atom stereocenters. The highest BCUT2D eigenvalue weighted by molar-refractivity contribution is 4.97. The standard InChI is InChI=1S/C14H27N3/c1-2-5-14(4-1)12-17(13-14)9-3-8-16-10-6-15-7-11-16/h15H,1-13H2. The highest BCUT2D eigenvalue weighted by Crippen LogP contribution is 2.45. The molecule has 2 saturated heterocycles. The number of hydrogen-bond acceptors (Lipinski definition) is 3. The van der Waals surface area contributed by atoms with Crippen LogP contribution in [0.3, 0.4) is 0 Å². The van der Waals surface area contributed by atoms with Gasteiger partial charge in [0.25, 0.3) is 0 Å². The monoisotopic (exact) mass is 237 g/mol. The van der Waals surface area contributed by atoms with Gasteiger partial charge in [-0.25, -0.2) is 0 Å². The van der Waals surface area contributed by atoms with Crippen molar-refractivity contribution in [3.05, 3.63) is 0 Å². The van der Waals surface area contributed by atoms with Gasteiger partial charge in [0, 0.05) is 39.3 Å². The molecule has 0 atom stereocenters. The third-order valence-electron chi connectivity index (χ3n) is 4.94. The minimum absolute atomic E-state index is 0.787. The van der Waals surface area contributed by atoms with Gasteiger partial charge in [-0.05, 0) is 37.8 Å². The summed E-state index contributed by atoms with van der Waals surface area (Å²) in [6.07, 6.45) is 7.39. The van der Waals surface area contributed by atoms with Gasteiger partial charge in [-0.3, -0.25) is 0 Å². The van der Waals surface area contributed by atoms with Crippen LogP contribution in [0.15, 0.2) is 0 Å². The fourth-order valence-electron chi connectivity index (χ4n) is 3.95. The highest BCUT2D eigenvalue weighted by Gasteiger charge is 2.43. The first-order chi connectivity index (χ1) is 8.36. The van der Waals surface area contributed by atoms with Gasteiger partial charge in [0.15, 0.2) is 0 Å². The van der Waals surface area contributed by atoms with E-state index in [1.54, 1.807) is 0 Å². The zero-order chi connectivity index (χ0) is 11.6. The Hall–Kier alpha value is -0.120. The van der Waals surface area contributed by atoms with Crippen LogP contribution in [0.2, 0.25) is 0 Å². The van der Waals surface area contributed by atoms with Crippen molar-refractivity contribution in [2.45, 2.75) is 32.1 Å². The summed E-state index contributed by atoms with van der Waals surface area (Å²) in [6, 6.07) is 0. The van der Waals surface area contributed by atoms with E-state index in [1.165, 1.54) is 84.5 Å². The molecule has 1 N–H and O–H groups in total. The lowest BCUT2D eigenvalue weighted by atomic mass is 9.78. The molecule has 1 spiro atoms. The zero-order valence-corrected chi connectivity index (χ0v) is 11.1. The van der Waals surface area contributed by atoms with Crippen molar-refractivity contribution in [2.75, 3.05) is 52.4 Å². The van der Waals surface area contributed by atoms with Crippen LogP contribution in [-0.2, 0) is 0 Å². The molecule has 0 aromatic rings. The number of piperazine rings is 1. The molecule has 17 heavy (non-hydrogen) atoms. The maximum Gasteiger partial charge on any atom is 0.0107 e. The third kappa shape index (κ3) is 2.83. The molecule has 0 bridgehead atoms. The molecule has 3 fully saturated rings. The SMILES string of the molecule is C(CN1CCNCC1)CN1CC2(CCCC2)C1. The van der Waals surface area contributed by atoms with Crippen LogP contribution in [0, 0.1) is 5.41 Å². The lowest BCUT2D eigenvalue weighted by Crippen LogP contribution is -2.55. The molecule has 0 radical (unpaired) electrons. The largest absolute Gasteiger partial charge is 0.314 e. The summed E-state index contributed by atoms with van der Waals surface area (Å²) in [5, 5.41) is 3.42. The number of rotatable bonds is 4. The van der Waals surface area contributed by atoms with E-state index in [1.807, 2.05) is 0 Å². The Kier molecular flexibility index (Phi) is 3.69. The summed E-state index contributed by atoms with van der Waals surface area (Å²) in [4.78, 5) is 5.30. The molecule has 3 nitrogen and oxygen atoms in total. The summed E-state index contributed by atoms with van der Waals surface area (Å²) in [7, 11) is 0. The topological polar surface area (TPSA) is 18.5 Å². The second-order valence-corrected chi connectivity index (χ2v) is 6.36. The lowest BCUT2D eigenvalue weighted by molar-refractivity contribution is 0.00371. The van der Waals surface area contributed by atoms with Crippen molar-refractivity contribution in [3.8, 4) is 0 Å². The van der Waals surface area contributed by atoms with Crippen LogP contribution >= 0.6 is 0 Å². The molecule has 2 aliphatic heterocycles. The summed E-state index contributed by atoms with van der Waals surface area (Å²) in [5.74, 6) is 0. The van der Waals surface area contributed by atoms with E-state index in [0.717, 1.165) is 5.41 Å². The van der Waals surface area contributed by atoms with Crippen LogP contribution in [-0.4, -0.2) is 62.2 Å². The Morgan fingerprint density at radius 1 is 0.882 bits per heavy atom. The number of likely N-dealkylation sites (tertiary alicyclic amines) is 1. The molecule has 0 amide bonds. The Morgan fingerprint density at radius 2 is 1.53 bits per heavy atom. The normalized spacial score (nSPS) is 29.6. The van der Waals surface area contributed by atoms with Crippen LogP contribution in [0.5, 0.6) is 0 Å². The second-order valence-electron chi connectivity index (χ2n) is 6.36. The molecule has 0 aromatic heterocycles. The summed E-state index contributed by atoms with van der Waals surface area (Å²) in [6.45, 7) is 10.4. The Labute approximate surface area is 106 Å². The second kappa shape index (κ2) is 5.25. The van der Waals surface area contributed by atoms with Gasteiger partial charge >= 0.3 is 0 Å². The van der Waals surface area contributed by atoms with Gasteiger partial charge in [-0.15, -0.1) is 0 Å². The van der Waals surface area contributed by atoms with Crippen molar-refractivity contribution < 1.29 is 0 Å². The fourth-order valence-corrected chi connectivity index (χ4v) is 3.95. The maximum absolute atomic E-state index is 3.42. The molecule has 1 aliphatic carbocycles. The van der Waals surface area contributed by atoms with Gasteiger partial charge in [-0.1, -0.05) is 12.8 Å². The quantitative estimate of drug-likeness (QED) is 0.791. The van der Waals surface area contributed by atoms with Crippen LogP contribution < -0.4 is 5.32 Å². The molecule has 0 aromatic carbocycles. The van der Waals surface area contributed by atoms with Gasteiger partial charge in [0.2, 0.25) is 0 Å². The Balaban J connectivity index is 1.28. The van der Waals surface area contributed by atoms with Crippen molar-refractivity contribution in [3.63, 3.8) is 0 Å². The van der Waals surface area contributed by atoms with Gasteiger partial charge in [-0.2, -0.15) is 0 Å². The van der Waals surface area contributed by atoms with E-state index in [4.69, 9.17) is 0 Å². The van der Waals surface area contributed by atoms with Crippen molar-refractivity contribution in [1.29, 1.82) is 0 Å². The first-order valence-corrected chi connectivity index (χ1v) is 7.52. The van der Waals surface area contributed by atoms with Crippen LogP contribution in [0.4, 0.5) is 0 Å². The predicted molar refractivity (Wildman–Crippen MR) is 71.3 cm³/mol. The van der Waals surface area contributed by atoms with Crippen LogP contribution in [0.1, 0.15) is 32.1 Å². The van der Waals surface area contributed by atoms with E-state index >= 15 is 0 Å². The van der Waals surface area contributed by atoms with E-state index in [-0.39, 0.29) is 0 Å². The highest BCUT2D eigenvalue weighted by atomic mass is 15.2. The number of nitrogens with one attached hydrogen (secondary N) is 1. The van der Waals surface area contributed by atoms with Crippen molar-refractivity contribution in [1.82, 2.24) is 15.1 Å². The molecular weight excluding hydrogens is 210 g/mol. The molecular formula is C14H27N3. The fraction of sp³-hybridized carbons (Fsp3) is 1.00. The van der Waals surface area contributed by atoms with Crippen LogP contribution in [0.25, 0.3) is 0 Å². The van der Waals surface area contributed by atoms with Gasteiger partial charge < -0.3 is 15.1 Å². The smallest absolute Gasteiger partial charge is 0.0107 e. The Bertz CT molecular complexity index is 234. The van der Waals surface area contributed by atoms with E-state index in [0.29, 0.717) is 0 Å². The third-order valence-corrected chi connectivity index (χ3v) is 4.94. The first kappa shape index (κ1) is 11.9. The van der Waals surface area contributed by atoms with Crippen molar-refractivity contribution >= 4 is 0 Å². The van der Waals surface area contributed by atoms with Crippen molar-refractivity contribution in [2.24, 2.45) is 5.41 Å². The van der Waals surface area contributed by atoms with Gasteiger partial charge in [0.05, 0.1) is 0 Å². The number of hydrogen-bond donors (Lipinski definition) is 1. The molecule has 2 heterocycles. The average molecular weight is 237 g/mol. The number of nitrogens with zero attached hydrogens (tertiary/aromatic N) is 2. The summed E-state index contributed by atoms with van der Waals surface area (Å²) < 4.78 is 0. The van der Waals surface area contributed by atoms with E-state index < -0.39 is 0 Å². The summed E-state index contributed by atoms with van der Waals surface area (Å²) >= 11 is 0. The van der Waals surface area contributed by atoms with Gasteiger partial charge in [0.1, 0.15) is 0 Å². The maximum atomic E-state index is 3.42. The molecule has 3 rings (SSSR count). The summed E-state index contributed by atoms with van der Waals surface area (Å²) in [5.41, 5.74) is 0.787. The van der Waals surface area contributed by atoms with E-state index in [9.17, 15) is 0 Å². The molecule has 3 heteroatoms. The molecule has 98 valence electrons. The zero-order valence-electron chi connectivity index (χ0n) is 11.1. The predicted octanol–water partition coefficient (Wildman–Crippen LogP) is 1.16. The van der Waals surface area contributed by atoms with E-state index in [2.05, 4.69) is 15.1 Å².